The highest BCUT2D eigenvalue weighted by molar-refractivity contribution is 7.80. The Morgan fingerprint density at radius 1 is 1.50 bits per heavy atom. The van der Waals surface area contributed by atoms with E-state index in [1.54, 1.807) is 0 Å². The van der Waals surface area contributed by atoms with Crippen LogP contribution in [0.25, 0.3) is 0 Å². The van der Waals surface area contributed by atoms with Gasteiger partial charge in [0.25, 0.3) is 0 Å². The van der Waals surface area contributed by atoms with Crippen LogP contribution in [0.4, 0.5) is 0 Å². The summed E-state index contributed by atoms with van der Waals surface area (Å²) < 4.78 is 5.45. The fourth-order valence-corrected chi connectivity index (χ4v) is 2.95. The number of hydrogen-bond donors (Lipinski definition) is 2. The molecule has 12 heavy (non-hydrogen) atoms. The molecule has 0 saturated heterocycles. The van der Waals surface area contributed by atoms with E-state index in [0.29, 0.717) is 12.5 Å². The van der Waals surface area contributed by atoms with Crippen LogP contribution in [0.2, 0.25) is 12.6 Å². The van der Waals surface area contributed by atoms with Crippen molar-refractivity contribution in [1.82, 2.24) is 0 Å². The van der Waals surface area contributed by atoms with Crippen LogP contribution in [-0.2, 0) is 4.43 Å². The predicted molar refractivity (Wildman–Crippen MR) is 57.9 cm³/mol. The summed E-state index contributed by atoms with van der Waals surface area (Å²) in [6, 6.07) is 0.795. The zero-order valence-corrected chi connectivity index (χ0v) is 10.1. The Bertz CT molecular complexity index is 118. The molecule has 1 atom stereocenters. The lowest BCUT2D eigenvalue weighted by atomic mass is 10.2. The lowest BCUT2D eigenvalue weighted by molar-refractivity contribution is 0.204. The van der Waals surface area contributed by atoms with Gasteiger partial charge >= 0.3 is 8.56 Å². The van der Waals surface area contributed by atoms with Gasteiger partial charge in [0.1, 0.15) is 0 Å². The van der Waals surface area contributed by atoms with E-state index in [-0.39, 0.29) is 0 Å². The van der Waals surface area contributed by atoms with Crippen LogP contribution in [-0.4, -0.2) is 25.7 Å². The van der Waals surface area contributed by atoms with E-state index in [1.165, 1.54) is 0 Å². The summed E-state index contributed by atoms with van der Waals surface area (Å²) in [5, 5.41) is 0. The molecule has 0 rings (SSSR count). The fraction of sp³-hybridized carbons (Fsp3) is 1.00. The first-order chi connectivity index (χ1) is 5.48. The SMILES string of the molecule is CC(C)CO[Si](C)(O)CCCS. The van der Waals surface area contributed by atoms with E-state index in [9.17, 15) is 4.80 Å². The summed E-state index contributed by atoms with van der Waals surface area (Å²) in [5.41, 5.74) is 0. The van der Waals surface area contributed by atoms with Crippen molar-refractivity contribution in [2.75, 3.05) is 12.4 Å². The lowest BCUT2D eigenvalue weighted by Crippen LogP contribution is -2.35. The zero-order chi connectivity index (χ0) is 9.61. The Balaban J connectivity index is 3.56. The van der Waals surface area contributed by atoms with E-state index >= 15 is 0 Å². The first kappa shape index (κ1) is 12.5. The molecule has 0 saturated carbocycles. The lowest BCUT2D eigenvalue weighted by Gasteiger charge is -2.21. The van der Waals surface area contributed by atoms with Crippen molar-refractivity contribution in [3.8, 4) is 0 Å². The highest BCUT2D eigenvalue weighted by atomic mass is 32.1. The average Bonchev–Trinajstić information content (AvgIpc) is 1.98. The molecule has 0 aliphatic heterocycles. The molecule has 0 radical (unpaired) electrons. The molecule has 0 bridgehead atoms. The van der Waals surface area contributed by atoms with Crippen molar-refractivity contribution in [2.45, 2.75) is 32.9 Å². The third-order valence-electron chi connectivity index (χ3n) is 1.53. The average molecular weight is 208 g/mol. The molecule has 0 fully saturated rings. The van der Waals surface area contributed by atoms with E-state index < -0.39 is 8.56 Å². The second-order valence-electron chi connectivity index (χ2n) is 3.71. The van der Waals surface area contributed by atoms with Gasteiger partial charge in [0, 0.05) is 6.61 Å². The smallest absolute Gasteiger partial charge is 0.332 e. The van der Waals surface area contributed by atoms with Crippen LogP contribution < -0.4 is 0 Å². The third-order valence-corrected chi connectivity index (χ3v) is 3.91. The van der Waals surface area contributed by atoms with E-state index in [4.69, 9.17) is 4.43 Å². The molecule has 0 spiro atoms. The molecule has 0 aromatic carbocycles. The van der Waals surface area contributed by atoms with Gasteiger partial charge in [-0.25, -0.2) is 0 Å². The summed E-state index contributed by atoms with van der Waals surface area (Å²) in [6.07, 6.45) is 0.945. The fourth-order valence-electron chi connectivity index (χ4n) is 0.825. The Hall–Kier alpha value is 0.487. The summed E-state index contributed by atoms with van der Waals surface area (Å²) >= 11 is 4.10. The van der Waals surface area contributed by atoms with Gasteiger partial charge in [-0.15, -0.1) is 0 Å². The summed E-state index contributed by atoms with van der Waals surface area (Å²) in [4.78, 5) is 9.78. The summed E-state index contributed by atoms with van der Waals surface area (Å²) in [5.74, 6) is 1.33. The third kappa shape index (κ3) is 7.15. The molecule has 1 unspecified atom stereocenters. The highest BCUT2D eigenvalue weighted by Crippen LogP contribution is 2.12. The van der Waals surface area contributed by atoms with Crippen LogP contribution in [0.1, 0.15) is 20.3 Å². The monoisotopic (exact) mass is 208 g/mol. The minimum atomic E-state index is -2.34. The molecule has 0 aliphatic carbocycles. The maximum Gasteiger partial charge on any atom is 0.332 e. The van der Waals surface area contributed by atoms with Gasteiger partial charge < -0.3 is 9.22 Å². The Morgan fingerprint density at radius 3 is 2.50 bits per heavy atom. The zero-order valence-electron chi connectivity index (χ0n) is 8.21. The van der Waals surface area contributed by atoms with Crippen molar-refractivity contribution in [1.29, 1.82) is 0 Å². The molecule has 0 amide bonds. The standard InChI is InChI=1S/C8H20O2SSi/c1-8(2)7-10-12(3,9)6-4-5-11/h8-9,11H,4-7H2,1-3H3. The summed E-state index contributed by atoms with van der Waals surface area (Å²) in [6.45, 7) is 6.69. The van der Waals surface area contributed by atoms with E-state index in [2.05, 4.69) is 26.5 Å². The van der Waals surface area contributed by atoms with E-state index in [0.717, 1.165) is 18.2 Å². The van der Waals surface area contributed by atoms with Gasteiger partial charge in [0.15, 0.2) is 0 Å². The first-order valence-corrected chi connectivity index (χ1v) is 7.64. The number of hydrogen-bond acceptors (Lipinski definition) is 3. The minimum absolute atomic E-state index is 0.500. The maximum absolute atomic E-state index is 9.78. The van der Waals surface area contributed by atoms with Crippen LogP contribution in [0, 0.1) is 5.92 Å². The van der Waals surface area contributed by atoms with Crippen molar-refractivity contribution in [2.24, 2.45) is 5.92 Å². The van der Waals surface area contributed by atoms with Gasteiger partial charge in [-0.2, -0.15) is 12.6 Å². The Labute approximate surface area is 82.0 Å². The number of rotatable bonds is 6. The second kappa shape index (κ2) is 6.02. The van der Waals surface area contributed by atoms with Crippen molar-refractivity contribution >= 4 is 21.2 Å². The van der Waals surface area contributed by atoms with Gasteiger partial charge in [0.2, 0.25) is 0 Å². The quantitative estimate of drug-likeness (QED) is 0.517. The Kier molecular flexibility index (Phi) is 6.26. The van der Waals surface area contributed by atoms with Gasteiger partial charge in [-0.3, -0.25) is 0 Å². The van der Waals surface area contributed by atoms with Crippen molar-refractivity contribution < 1.29 is 9.22 Å². The molecule has 1 N–H and O–H groups in total. The molecule has 74 valence electrons. The second-order valence-corrected chi connectivity index (χ2v) is 7.29. The maximum atomic E-state index is 9.78. The molecule has 2 nitrogen and oxygen atoms in total. The van der Waals surface area contributed by atoms with Crippen LogP contribution in [0.3, 0.4) is 0 Å². The molecule has 0 heterocycles. The largest absolute Gasteiger partial charge is 0.411 e. The minimum Gasteiger partial charge on any atom is -0.411 e. The predicted octanol–water partition coefficient (Wildman–Crippen LogP) is 2.04. The van der Waals surface area contributed by atoms with Gasteiger partial charge in [-0.1, -0.05) is 13.8 Å². The molecule has 0 aromatic rings. The molecule has 4 heteroatoms. The van der Waals surface area contributed by atoms with Crippen LogP contribution in [0.15, 0.2) is 0 Å². The van der Waals surface area contributed by atoms with Crippen molar-refractivity contribution in [3.05, 3.63) is 0 Å². The molecule has 0 aromatic heterocycles. The van der Waals surface area contributed by atoms with Gasteiger partial charge in [0.05, 0.1) is 0 Å². The van der Waals surface area contributed by atoms with Crippen molar-refractivity contribution in [3.63, 3.8) is 0 Å². The Morgan fingerprint density at radius 2 is 2.08 bits per heavy atom. The number of thiol groups is 1. The molecular weight excluding hydrogens is 188 g/mol. The summed E-state index contributed by atoms with van der Waals surface area (Å²) in [7, 11) is -2.34. The topological polar surface area (TPSA) is 29.5 Å². The molecule has 0 aliphatic rings. The van der Waals surface area contributed by atoms with Crippen LogP contribution in [0.5, 0.6) is 0 Å². The molecular formula is C8H20O2SSi. The normalized spacial score (nSPS) is 16.5. The van der Waals surface area contributed by atoms with Gasteiger partial charge in [-0.05, 0) is 30.7 Å². The van der Waals surface area contributed by atoms with E-state index in [1.807, 2.05) is 6.55 Å². The highest BCUT2D eigenvalue weighted by Gasteiger charge is 2.25. The van der Waals surface area contributed by atoms with Crippen LogP contribution >= 0.6 is 12.6 Å². The first-order valence-electron chi connectivity index (χ1n) is 4.45.